The zero-order valence-electron chi connectivity index (χ0n) is 42.9. The SMILES string of the molecule is c1cc(-n2c3ccccc3c3ccccc32)cc(-n2c3ccccc3c3ccccc32)c1.c1ccc(-c2nc3ccccc3n2-c2cc(-n3c4ccccc4c4ccccc43)cc(-n3c4ccccc4c4ccccc43)c2)cc1. The highest BCUT2D eigenvalue weighted by Crippen LogP contribution is 2.40. The lowest BCUT2D eigenvalue weighted by atomic mass is 10.1. The van der Waals surface area contributed by atoms with Crippen molar-refractivity contribution in [2.24, 2.45) is 0 Å². The van der Waals surface area contributed by atoms with E-state index >= 15 is 0 Å². The molecule has 5 aromatic heterocycles. The second kappa shape index (κ2) is 18.0. The number of para-hydroxylation sites is 10. The van der Waals surface area contributed by atoms with Crippen molar-refractivity contribution in [1.29, 1.82) is 0 Å². The first-order valence-corrected chi connectivity index (χ1v) is 27.0. The number of hydrogen-bond acceptors (Lipinski definition) is 1. The first kappa shape index (κ1) is 44.6. The molecule has 5 heterocycles. The van der Waals surface area contributed by atoms with Gasteiger partial charge in [0.2, 0.25) is 0 Å². The summed E-state index contributed by atoms with van der Waals surface area (Å²) in [4.78, 5) is 5.19. The first-order chi connectivity index (χ1) is 39.2. The largest absolute Gasteiger partial charge is 0.309 e. The molecule has 79 heavy (non-hydrogen) atoms. The van der Waals surface area contributed by atoms with Crippen LogP contribution in [0.15, 0.2) is 291 Å². The van der Waals surface area contributed by atoms with Gasteiger partial charge in [-0.05, 0) is 97.1 Å². The van der Waals surface area contributed by atoms with E-state index in [-0.39, 0.29) is 0 Å². The van der Waals surface area contributed by atoms with Gasteiger partial charge in [0.1, 0.15) is 5.82 Å². The van der Waals surface area contributed by atoms with Crippen molar-refractivity contribution < 1.29 is 0 Å². The number of benzene rings is 12. The fraction of sp³-hybridized carbons (Fsp3) is 0. The fourth-order valence-corrected chi connectivity index (χ4v) is 12.6. The summed E-state index contributed by atoms with van der Waals surface area (Å²) in [5.41, 5.74) is 18.3. The lowest BCUT2D eigenvalue weighted by molar-refractivity contribution is 1.07. The maximum atomic E-state index is 5.19. The second-order valence-corrected chi connectivity index (χ2v) is 20.3. The molecule has 0 N–H and O–H groups in total. The minimum atomic E-state index is 0.916. The Kier molecular flexibility index (Phi) is 10.1. The molecule has 17 aromatic rings. The number of hydrogen-bond donors (Lipinski definition) is 0. The molecule has 0 aliphatic rings. The van der Waals surface area contributed by atoms with Gasteiger partial charge in [-0.1, -0.05) is 194 Å². The van der Waals surface area contributed by atoms with Crippen LogP contribution in [0.3, 0.4) is 0 Å². The van der Waals surface area contributed by atoms with Gasteiger partial charge in [0.15, 0.2) is 0 Å². The summed E-state index contributed by atoms with van der Waals surface area (Å²) in [6, 6.07) is 104. The van der Waals surface area contributed by atoms with Gasteiger partial charge in [-0.25, -0.2) is 4.98 Å². The summed E-state index contributed by atoms with van der Waals surface area (Å²) < 4.78 is 11.9. The molecule has 6 nitrogen and oxygen atoms in total. The molecule has 0 aliphatic carbocycles. The Morgan fingerprint density at radius 3 is 0.785 bits per heavy atom. The normalized spacial score (nSPS) is 11.8. The quantitative estimate of drug-likeness (QED) is 0.164. The van der Waals surface area contributed by atoms with Crippen LogP contribution in [0.4, 0.5) is 0 Å². The smallest absolute Gasteiger partial charge is 0.145 e. The molecule has 0 spiro atoms. The van der Waals surface area contributed by atoms with E-state index in [4.69, 9.17) is 4.98 Å². The molecule has 12 aromatic carbocycles. The Balaban J connectivity index is 0.000000141. The molecule has 0 unspecified atom stereocenters. The van der Waals surface area contributed by atoms with Gasteiger partial charge in [-0.2, -0.15) is 0 Å². The van der Waals surface area contributed by atoms with Crippen LogP contribution in [-0.4, -0.2) is 27.8 Å². The van der Waals surface area contributed by atoms with Crippen LogP contribution in [-0.2, 0) is 0 Å². The average Bonchev–Trinajstić information content (AvgIpc) is 4.38. The Morgan fingerprint density at radius 2 is 0.443 bits per heavy atom. The standard InChI is InChI=1S/C43H28N4.C30H20N2/c1-2-14-29(15-3-1)43-44-37-20-8-13-25-42(37)47(43)32-27-30(45-38-21-9-4-16-33(38)34-17-5-10-22-39(34)45)26-31(28-32)46-40-23-11-6-18-35(40)36-19-7-12-24-41(36)46;1-5-16-27-23(12-1)24-13-2-6-17-28(24)31(27)21-10-9-11-22(20-21)32-29-18-7-3-14-25(29)26-15-4-8-19-30(26)32/h1-28H;1-20H. The van der Waals surface area contributed by atoms with Gasteiger partial charge in [-0.15, -0.1) is 0 Å². The predicted molar refractivity (Wildman–Crippen MR) is 330 cm³/mol. The zero-order chi connectivity index (χ0) is 52.0. The minimum Gasteiger partial charge on any atom is -0.309 e. The third-order valence-corrected chi connectivity index (χ3v) is 15.9. The average molecular weight is 1010 g/mol. The number of imidazole rings is 1. The molecule has 6 heteroatoms. The van der Waals surface area contributed by atoms with Gasteiger partial charge < -0.3 is 18.3 Å². The molecule has 0 radical (unpaired) electrons. The topological polar surface area (TPSA) is 37.5 Å². The van der Waals surface area contributed by atoms with Gasteiger partial charge >= 0.3 is 0 Å². The molecule has 0 bridgehead atoms. The van der Waals surface area contributed by atoms with Crippen molar-refractivity contribution in [2.45, 2.75) is 0 Å². The third kappa shape index (κ3) is 7.01. The fourth-order valence-electron chi connectivity index (χ4n) is 12.6. The number of rotatable bonds is 6. The van der Waals surface area contributed by atoms with E-state index in [1.165, 1.54) is 98.6 Å². The Morgan fingerprint density at radius 1 is 0.190 bits per heavy atom. The molecule has 17 rings (SSSR count). The van der Waals surface area contributed by atoms with E-state index in [2.05, 4.69) is 314 Å². The highest BCUT2D eigenvalue weighted by Gasteiger charge is 2.21. The van der Waals surface area contributed by atoms with E-state index in [1.807, 2.05) is 0 Å². The van der Waals surface area contributed by atoms with Crippen LogP contribution in [0.25, 0.3) is 138 Å². The van der Waals surface area contributed by atoms with E-state index < -0.39 is 0 Å². The van der Waals surface area contributed by atoms with Crippen molar-refractivity contribution >= 4 is 98.3 Å². The van der Waals surface area contributed by atoms with Crippen LogP contribution >= 0.6 is 0 Å². The van der Waals surface area contributed by atoms with E-state index in [0.717, 1.165) is 39.5 Å². The lowest BCUT2D eigenvalue weighted by Crippen LogP contribution is -2.04. The maximum absolute atomic E-state index is 5.19. The predicted octanol–water partition coefficient (Wildman–Crippen LogP) is 18.8. The van der Waals surface area contributed by atoms with Gasteiger partial charge in [0, 0.05) is 60.0 Å². The molecular weight excluding hydrogens is 961 g/mol. The van der Waals surface area contributed by atoms with Crippen molar-refractivity contribution in [2.75, 3.05) is 0 Å². The van der Waals surface area contributed by atoms with Crippen molar-refractivity contribution in [3.05, 3.63) is 291 Å². The maximum Gasteiger partial charge on any atom is 0.145 e. The summed E-state index contributed by atoms with van der Waals surface area (Å²) in [5.74, 6) is 0.916. The molecule has 0 saturated carbocycles. The number of fused-ring (bicyclic) bond motifs is 13. The molecular formula is C73H48N6. The summed E-state index contributed by atoms with van der Waals surface area (Å²) in [7, 11) is 0. The summed E-state index contributed by atoms with van der Waals surface area (Å²) in [6.45, 7) is 0. The summed E-state index contributed by atoms with van der Waals surface area (Å²) in [5, 5.41) is 10.1. The van der Waals surface area contributed by atoms with Crippen molar-refractivity contribution in [3.8, 4) is 39.8 Å². The van der Waals surface area contributed by atoms with Crippen LogP contribution in [0.1, 0.15) is 0 Å². The van der Waals surface area contributed by atoms with E-state index in [9.17, 15) is 0 Å². The third-order valence-electron chi connectivity index (χ3n) is 15.9. The van der Waals surface area contributed by atoms with Gasteiger partial charge in [0.25, 0.3) is 0 Å². The first-order valence-electron chi connectivity index (χ1n) is 27.0. The summed E-state index contributed by atoms with van der Waals surface area (Å²) >= 11 is 0. The molecule has 0 fully saturated rings. The lowest BCUT2D eigenvalue weighted by Gasteiger charge is -2.17. The highest BCUT2D eigenvalue weighted by atomic mass is 15.1. The number of nitrogens with zero attached hydrogens (tertiary/aromatic N) is 6. The zero-order valence-corrected chi connectivity index (χ0v) is 42.9. The molecule has 0 amide bonds. The molecule has 0 saturated heterocycles. The van der Waals surface area contributed by atoms with Crippen LogP contribution in [0.2, 0.25) is 0 Å². The molecule has 370 valence electrons. The minimum absolute atomic E-state index is 0.916. The summed E-state index contributed by atoms with van der Waals surface area (Å²) in [6.07, 6.45) is 0. The van der Waals surface area contributed by atoms with E-state index in [1.54, 1.807) is 0 Å². The van der Waals surface area contributed by atoms with E-state index in [0.29, 0.717) is 0 Å². The Hall–Kier alpha value is -10.7. The molecule has 0 aliphatic heterocycles. The van der Waals surface area contributed by atoms with Crippen molar-refractivity contribution in [3.63, 3.8) is 0 Å². The Bertz CT molecular complexity index is 4740. The van der Waals surface area contributed by atoms with Crippen LogP contribution in [0, 0.1) is 0 Å². The highest BCUT2D eigenvalue weighted by molar-refractivity contribution is 6.12. The van der Waals surface area contributed by atoms with Crippen molar-refractivity contribution in [1.82, 2.24) is 27.8 Å². The van der Waals surface area contributed by atoms with Gasteiger partial charge in [-0.3, -0.25) is 4.57 Å². The van der Waals surface area contributed by atoms with Gasteiger partial charge in [0.05, 0.1) is 72.2 Å². The second-order valence-electron chi connectivity index (χ2n) is 20.3. The van der Waals surface area contributed by atoms with Crippen LogP contribution in [0.5, 0.6) is 0 Å². The van der Waals surface area contributed by atoms with Crippen LogP contribution < -0.4 is 0 Å². The number of aromatic nitrogens is 6. The Labute approximate surface area is 454 Å². The monoisotopic (exact) mass is 1010 g/mol. The molecule has 0 atom stereocenters.